The third-order valence-corrected chi connectivity index (χ3v) is 7.29. The van der Waals surface area contributed by atoms with Gasteiger partial charge in [-0.1, -0.05) is 154 Å². The van der Waals surface area contributed by atoms with Gasteiger partial charge in [0.2, 0.25) is 0 Å². The minimum atomic E-state index is 0.738. The third kappa shape index (κ3) is 11.3. The van der Waals surface area contributed by atoms with Crippen molar-refractivity contribution in [3.8, 4) is 11.1 Å². The summed E-state index contributed by atoms with van der Waals surface area (Å²) in [6.07, 6.45) is 12.8. The maximum atomic E-state index is 6.20. The van der Waals surface area contributed by atoms with E-state index in [1.807, 2.05) is 85.8 Å². The molecule has 0 fully saturated rings. The Morgan fingerprint density at radius 1 is 0.702 bits per heavy atom. The summed E-state index contributed by atoms with van der Waals surface area (Å²) in [6.45, 7) is 13.8. The van der Waals surface area contributed by atoms with E-state index >= 15 is 0 Å². The Labute approximate surface area is 282 Å². The molecule has 0 radical (unpaired) electrons. The summed E-state index contributed by atoms with van der Waals surface area (Å²) in [5, 5.41) is 3.54. The fourth-order valence-corrected chi connectivity index (χ4v) is 4.82. The Bertz CT molecular complexity index is 1760. The second kappa shape index (κ2) is 19.6. The Morgan fingerprint density at radius 2 is 1.30 bits per heavy atom. The lowest BCUT2D eigenvalue weighted by atomic mass is 10.0. The monoisotopic (exact) mass is 617 g/mol. The van der Waals surface area contributed by atoms with Crippen molar-refractivity contribution in [3.63, 3.8) is 0 Å². The average molecular weight is 618 g/mol. The predicted octanol–water partition coefficient (Wildman–Crippen LogP) is 12.2. The molecule has 0 amide bonds. The van der Waals surface area contributed by atoms with Crippen LogP contribution in [0.15, 0.2) is 171 Å². The summed E-state index contributed by atoms with van der Waals surface area (Å²) in [5.74, 6) is 0. The van der Waals surface area contributed by atoms with Crippen molar-refractivity contribution in [1.82, 2.24) is 0 Å². The fraction of sp³-hybridized carbons (Fsp3) is 0.0909. The molecule has 0 heterocycles. The first-order valence-corrected chi connectivity index (χ1v) is 15.9. The van der Waals surface area contributed by atoms with Crippen molar-refractivity contribution >= 4 is 40.0 Å². The summed E-state index contributed by atoms with van der Waals surface area (Å²) in [7, 11) is 0. The summed E-state index contributed by atoms with van der Waals surface area (Å²) in [6, 6.07) is 42.8. The van der Waals surface area contributed by atoms with E-state index in [2.05, 4.69) is 111 Å². The molecule has 0 aromatic heterocycles. The van der Waals surface area contributed by atoms with Crippen LogP contribution in [0.4, 0.5) is 22.7 Å². The van der Waals surface area contributed by atoms with Gasteiger partial charge in [0.25, 0.3) is 0 Å². The van der Waals surface area contributed by atoms with Crippen LogP contribution in [0.2, 0.25) is 0 Å². The lowest BCUT2D eigenvalue weighted by Gasteiger charge is -2.15. The highest BCUT2D eigenvalue weighted by Gasteiger charge is 2.07. The molecule has 0 saturated carbocycles. The maximum Gasteiger partial charge on any atom is 0.0460 e. The van der Waals surface area contributed by atoms with Crippen molar-refractivity contribution in [1.29, 1.82) is 0 Å². The topological polar surface area (TPSA) is 64.1 Å². The van der Waals surface area contributed by atoms with Gasteiger partial charge in [0.1, 0.15) is 0 Å². The number of para-hydroxylation sites is 2. The molecule has 47 heavy (non-hydrogen) atoms. The highest BCUT2D eigenvalue weighted by molar-refractivity contribution is 5.85. The molecule has 5 N–H and O–H groups in total. The number of benzene rings is 5. The molecule has 238 valence electrons. The molecule has 0 bridgehead atoms. The van der Waals surface area contributed by atoms with Crippen LogP contribution in [0.5, 0.6) is 0 Å². The number of nitrogens with two attached hydrogens (primary N) is 2. The van der Waals surface area contributed by atoms with Gasteiger partial charge >= 0.3 is 0 Å². The molecule has 0 aliphatic heterocycles. The summed E-state index contributed by atoms with van der Waals surface area (Å²) in [4.78, 5) is 0. The van der Waals surface area contributed by atoms with E-state index in [-0.39, 0.29) is 0 Å². The van der Waals surface area contributed by atoms with Crippen molar-refractivity contribution in [3.05, 3.63) is 188 Å². The van der Waals surface area contributed by atoms with Gasteiger partial charge in [0.05, 0.1) is 0 Å². The van der Waals surface area contributed by atoms with E-state index in [1.54, 1.807) is 6.08 Å². The van der Waals surface area contributed by atoms with E-state index in [0.29, 0.717) is 0 Å². The van der Waals surface area contributed by atoms with Gasteiger partial charge < -0.3 is 16.8 Å². The largest absolute Gasteiger partial charge is 0.398 e. The lowest BCUT2D eigenvalue weighted by Crippen LogP contribution is -1.98. The van der Waals surface area contributed by atoms with Crippen LogP contribution in [-0.2, 0) is 0 Å². The second-order valence-electron chi connectivity index (χ2n) is 10.7. The van der Waals surface area contributed by atoms with Crippen molar-refractivity contribution in [2.45, 2.75) is 27.2 Å². The van der Waals surface area contributed by atoms with E-state index in [0.717, 1.165) is 45.9 Å². The Hall–Kier alpha value is -5.80. The van der Waals surface area contributed by atoms with Crippen LogP contribution in [-0.4, -0.2) is 0 Å². The normalized spacial score (nSPS) is 11.0. The molecule has 3 nitrogen and oxygen atoms in total. The molecular weight excluding hydrogens is 571 g/mol. The van der Waals surface area contributed by atoms with Crippen molar-refractivity contribution < 1.29 is 0 Å². The number of hydrogen-bond acceptors (Lipinski definition) is 3. The van der Waals surface area contributed by atoms with Gasteiger partial charge in [-0.25, -0.2) is 0 Å². The van der Waals surface area contributed by atoms with Crippen LogP contribution >= 0.6 is 0 Å². The molecule has 0 saturated heterocycles. The smallest absolute Gasteiger partial charge is 0.0460 e. The fourth-order valence-electron chi connectivity index (χ4n) is 4.82. The number of nitrogen functional groups attached to an aromatic ring is 2. The number of allylic oxidation sites excluding steroid dienone is 7. The molecule has 0 atom stereocenters. The van der Waals surface area contributed by atoms with Crippen LogP contribution < -0.4 is 16.8 Å². The molecule has 5 aromatic carbocycles. The standard InChI is InChI=1S/C24H28N2.C12H10.C8H9N/c1-5-8-12-19(7-3)22-17-20(15-16-23(22)25)26-24-14-10-9-13-21(24)18(4)11-6-2;1-3-7-11(8-4-1)12-9-5-2-6-10-12;1-2-7-5-3-4-6-8(7)9/h5,7-17,26H,3,6,25H2,1-2,4H3;1-10H;2-6H,1,9H2/b8-5-,18-11+,19-12+;;. The van der Waals surface area contributed by atoms with E-state index in [1.165, 1.54) is 22.3 Å². The molecule has 3 heteroatoms. The number of rotatable bonds is 9. The molecule has 5 aromatic rings. The van der Waals surface area contributed by atoms with Crippen LogP contribution in [0, 0.1) is 0 Å². The quantitative estimate of drug-likeness (QED) is 0.114. The SMILES string of the molecule is C=C/C(=C\C=C/C)c1cc(Nc2ccccc2/C(C)=C/CC)ccc1N.C=Cc1ccccc1N.c1ccc(-c2ccccc2)cc1. The average Bonchev–Trinajstić information content (AvgIpc) is 3.12. The summed E-state index contributed by atoms with van der Waals surface area (Å²) >= 11 is 0. The van der Waals surface area contributed by atoms with Crippen molar-refractivity contribution in [2.75, 3.05) is 16.8 Å². The van der Waals surface area contributed by atoms with Gasteiger partial charge in [-0.05, 0) is 78.4 Å². The van der Waals surface area contributed by atoms with Gasteiger partial charge in [-0.15, -0.1) is 0 Å². The lowest BCUT2D eigenvalue weighted by molar-refractivity contribution is 1.22. The van der Waals surface area contributed by atoms with E-state index in [9.17, 15) is 0 Å². The number of anilines is 4. The van der Waals surface area contributed by atoms with Crippen LogP contribution in [0.1, 0.15) is 43.9 Å². The molecule has 0 unspecified atom stereocenters. The third-order valence-electron chi connectivity index (χ3n) is 7.29. The highest BCUT2D eigenvalue weighted by Crippen LogP contribution is 2.31. The molecule has 0 spiro atoms. The first kappa shape index (κ1) is 35.7. The van der Waals surface area contributed by atoms with Gasteiger partial charge in [0, 0.05) is 33.9 Å². The minimum Gasteiger partial charge on any atom is -0.398 e. The molecule has 0 aliphatic rings. The number of nitrogens with one attached hydrogen (secondary N) is 1. The first-order valence-electron chi connectivity index (χ1n) is 15.9. The Kier molecular flexibility index (Phi) is 14.8. The van der Waals surface area contributed by atoms with Gasteiger partial charge in [0.15, 0.2) is 0 Å². The Balaban J connectivity index is 0.000000232. The summed E-state index contributed by atoms with van der Waals surface area (Å²) < 4.78 is 0. The first-order chi connectivity index (χ1) is 22.9. The minimum absolute atomic E-state index is 0.738. The second-order valence-corrected chi connectivity index (χ2v) is 10.7. The predicted molar refractivity (Wildman–Crippen MR) is 210 cm³/mol. The summed E-state index contributed by atoms with van der Waals surface area (Å²) in [5.41, 5.74) is 23.4. The number of hydrogen-bond donors (Lipinski definition) is 3. The van der Waals surface area contributed by atoms with Crippen LogP contribution in [0.3, 0.4) is 0 Å². The van der Waals surface area contributed by atoms with E-state index < -0.39 is 0 Å². The molecular formula is C44H47N3. The van der Waals surface area contributed by atoms with Gasteiger partial charge in [-0.2, -0.15) is 0 Å². The van der Waals surface area contributed by atoms with Crippen LogP contribution in [0.25, 0.3) is 28.3 Å². The van der Waals surface area contributed by atoms with Crippen molar-refractivity contribution in [2.24, 2.45) is 0 Å². The zero-order valence-electron chi connectivity index (χ0n) is 27.9. The molecule has 5 rings (SSSR count). The van der Waals surface area contributed by atoms with E-state index in [4.69, 9.17) is 11.5 Å². The Morgan fingerprint density at radius 3 is 1.85 bits per heavy atom. The zero-order valence-corrected chi connectivity index (χ0v) is 27.9. The zero-order chi connectivity index (χ0) is 33.9. The maximum absolute atomic E-state index is 6.20. The van der Waals surface area contributed by atoms with Gasteiger partial charge in [-0.3, -0.25) is 0 Å². The highest BCUT2D eigenvalue weighted by atomic mass is 14.9. The molecule has 0 aliphatic carbocycles.